The van der Waals surface area contributed by atoms with E-state index in [1.54, 1.807) is 72.9 Å². The molecule has 3 atom stereocenters. The number of ether oxygens (including phenoxy) is 1. The summed E-state index contributed by atoms with van der Waals surface area (Å²) in [4.78, 5) is 59.6. The number of amides is 4. The van der Waals surface area contributed by atoms with E-state index in [2.05, 4.69) is 10.9 Å². The summed E-state index contributed by atoms with van der Waals surface area (Å²) in [6, 6.07) is 13.7. The van der Waals surface area contributed by atoms with Gasteiger partial charge in [-0.25, -0.2) is 9.18 Å². The van der Waals surface area contributed by atoms with Crippen molar-refractivity contribution < 1.29 is 28.3 Å². The topological polar surface area (TPSA) is 118 Å². The van der Waals surface area contributed by atoms with Gasteiger partial charge in [0.15, 0.2) is 0 Å². The number of benzene rings is 2. The van der Waals surface area contributed by atoms with Gasteiger partial charge in [0.05, 0.1) is 11.9 Å². The van der Waals surface area contributed by atoms with Crippen LogP contribution in [0.2, 0.25) is 0 Å². The molecule has 4 amide bonds. The predicted octanol–water partition coefficient (Wildman–Crippen LogP) is 4.69. The number of rotatable bonds is 11. The van der Waals surface area contributed by atoms with Crippen LogP contribution >= 0.6 is 0 Å². The van der Waals surface area contributed by atoms with Crippen molar-refractivity contribution in [1.29, 1.82) is 0 Å². The Morgan fingerprint density at radius 2 is 1.67 bits per heavy atom. The van der Waals surface area contributed by atoms with Gasteiger partial charge >= 0.3 is 6.09 Å². The smallest absolute Gasteiger partial charge is 0.410 e. The van der Waals surface area contributed by atoms with E-state index in [-0.39, 0.29) is 30.2 Å². The Labute approximate surface area is 301 Å². The lowest BCUT2D eigenvalue weighted by molar-refractivity contribution is -0.142. The molecular formula is C38H54FN7O5. The van der Waals surface area contributed by atoms with Gasteiger partial charge in [-0.3, -0.25) is 29.3 Å². The lowest BCUT2D eigenvalue weighted by atomic mass is 9.85. The maximum atomic E-state index is 14.4. The highest BCUT2D eigenvalue weighted by molar-refractivity contribution is 5.94. The van der Waals surface area contributed by atoms with Gasteiger partial charge in [-0.1, -0.05) is 51.1 Å². The van der Waals surface area contributed by atoms with Crippen molar-refractivity contribution in [3.8, 4) is 0 Å². The molecule has 51 heavy (non-hydrogen) atoms. The van der Waals surface area contributed by atoms with Crippen molar-refractivity contribution in [1.82, 2.24) is 30.6 Å². The predicted molar refractivity (Wildman–Crippen MR) is 194 cm³/mol. The summed E-state index contributed by atoms with van der Waals surface area (Å²) in [5.41, 5.74) is 3.97. The molecule has 0 aliphatic carbocycles. The summed E-state index contributed by atoms with van der Waals surface area (Å²) >= 11 is 0. The number of nitrogens with zero attached hydrogens (tertiary/aromatic N) is 5. The van der Waals surface area contributed by atoms with Crippen LogP contribution in [-0.4, -0.2) is 101 Å². The van der Waals surface area contributed by atoms with Gasteiger partial charge in [0.2, 0.25) is 11.8 Å². The summed E-state index contributed by atoms with van der Waals surface area (Å²) in [6.45, 7) is 13.6. The van der Waals surface area contributed by atoms with Gasteiger partial charge in [0.25, 0.3) is 5.91 Å². The number of carbonyl (C=O) groups excluding carboxylic acids is 4. The van der Waals surface area contributed by atoms with Gasteiger partial charge in [-0.05, 0) is 82.2 Å². The van der Waals surface area contributed by atoms with E-state index in [1.165, 1.54) is 24.1 Å². The van der Waals surface area contributed by atoms with E-state index in [0.717, 1.165) is 17.7 Å². The molecule has 3 unspecified atom stereocenters. The summed E-state index contributed by atoms with van der Waals surface area (Å²) in [5, 5.41) is 6.37. The first-order chi connectivity index (χ1) is 23.9. The molecule has 12 nitrogen and oxygen atoms in total. The van der Waals surface area contributed by atoms with Crippen LogP contribution in [0.25, 0.3) is 0 Å². The number of carbonyl (C=O) groups is 4. The third kappa shape index (κ3) is 10.2. The molecule has 2 aliphatic rings. The fourth-order valence-corrected chi connectivity index (χ4v) is 6.04. The summed E-state index contributed by atoms with van der Waals surface area (Å²) < 4.78 is 19.1. The molecule has 0 bridgehead atoms. The molecule has 1 fully saturated rings. The molecular weight excluding hydrogens is 653 g/mol. The van der Waals surface area contributed by atoms with E-state index in [9.17, 15) is 23.6 Å². The van der Waals surface area contributed by atoms with Crippen LogP contribution in [0.3, 0.4) is 0 Å². The van der Waals surface area contributed by atoms with Gasteiger partial charge in [0, 0.05) is 39.8 Å². The Morgan fingerprint density at radius 3 is 2.27 bits per heavy atom. The largest absolute Gasteiger partial charge is 0.444 e. The number of likely N-dealkylation sites (N-methyl/N-ethyl adjacent to an activating group) is 2. The number of halogens is 1. The molecule has 0 radical (unpaired) electrons. The second-order valence-electron chi connectivity index (χ2n) is 15.4. The van der Waals surface area contributed by atoms with E-state index >= 15 is 0 Å². The van der Waals surface area contributed by atoms with E-state index in [0.29, 0.717) is 31.6 Å². The minimum absolute atomic E-state index is 0.218. The Hall–Kier alpha value is -4.65. The molecule has 2 aliphatic heterocycles. The summed E-state index contributed by atoms with van der Waals surface area (Å²) in [6.07, 6.45) is 3.02. The molecule has 13 heteroatoms. The minimum atomic E-state index is -0.896. The van der Waals surface area contributed by atoms with Crippen molar-refractivity contribution in [3.63, 3.8) is 0 Å². The van der Waals surface area contributed by atoms with Crippen molar-refractivity contribution >= 4 is 29.5 Å². The highest BCUT2D eigenvalue weighted by Gasteiger charge is 2.42. The Morgan fingerprint density at radius 1 is 1.02 bits per heavy atom. The van der Waals surface area contributed by atoms with Gasteiger partial charge in [-0.15, -0.1) is 5.53 Å². The maximum absolute atomic E-state index is 14.4. The fourth-order valence-electron chi connectivity index (χ4n) is 6.04. The summed E-state index contributed by atoms with van der Waals surface area (Å²) in [7, 11) is 3.26. The third-order valence-electron chi connectivity index (χ3n) is 9.13. The van der Waals surface area contributed by atoms with E-state index in [4.69, 9.17) is 4.74 Å². The zero-order valence-electron chi connectivity index (χ0n) is 31.4. The standard InChI is InChI=1S/C38H54FN7O5/c1-26(42(8)36(50)51-38(5,6)7)33(47)40-32(37(2,3)4)35(49)45-22-13-16-30(45)24-44(23-21-27-17-19-28(39)20-18-27)34(48)31-25-46(41-43(31)9)29-14-11-10-12-15-29/h10-12,14-15,17-20,25-26,30,32,41H,13,16,21-24H2,1-9H3,(H,40,47). The van der Waals surface area contributed by atoms with Crippen LogP contribution in [0.1, 0.15) is 66.9 Å². The molecule has 4 rings (SSSR count). The van der Waals surface area contributed by atoms with Crippen LogP contribution in [-0.2, 0) is 25.5 Å². The second-order valence-corrected chi connectivity index (χ2v) is 15.4. The van der Waals surface area contributed by atoms with E-state index in [1.807, 2.05) is 51.1 Å². The molecule has 2 heterocycles. The van der Waals surface area contributed by atoms with Gasteiger partial charge in [0.1, 0.15) is 29.2 Å². The average Bonchev–Trinajstić information content (AvgIpc) is 3.70. The molecule has 0 aromatic heterocycles. The van der Waals surface area contributed by atoms with Crippen molar-refractivity contribution in [2.75, 3.05) is 38.7 Å². The maximum Gasteiger partial charge on any atom is 0.410 e. The van der Waals surface area contributed by atoms with Crippen LogP contribution in [0.5, 0.6) is 0 Å². The van der Waals surface area contributed by atoms with Crippen LogP contribution in [0, 0.1) is 11.2 Å². The molecule has 1 saturated heterocycles. The molecule has 0 saturated carbocycles. The monoisotopic (exact) mass is 707 g/mol. The number of anilines is 1. The molecule has 2 N–H and O–H groups in total. The third-order valence-corrected chi connectivity index (χ3v) is 9.13. The molecule has 0 spiro atoms. The van der Waals surface area contributed by atoms with Crippen LogP contribution in [0.4, 0.5) is 14.9 Å². The number of nitrogens with one attached hydrogen (secondary N) is 2. The number of hydrazine groups is 2. The highest BCUT2D eigenvalue weighted by atomic mass is 19.1. The van der Waals surface area contributed by atoms with Crippen LogP contribution in [0.15, 0.2) is 66.5 Å². The Balaban J connectivity index is 1.54. The first-order valence-corrected chi connectivity index (χ1v) is 17.5. The van der Waals surface area contributed by atoms with Crippen molar-refractivity contribution in [2.24, 2.45) is 5.41 Å². The van der Waals surface area contributed by atoms with Crippen molar-refractivity contribution in [2.45, 2.75) is 91.5 Å². The normalized spacial score (nSPS) is 17.5. The molecule has 2 aromatic rings. The number of hydrogen-bond donors (Lipinski definition) is 2. The van der Waals surface area contributed by atoms with Crippen molar-refractivity contribution in [3.05, 3.63) is 77.9 Å². The zero-order chi connectivity index (χ0) is 37.7. The second kappa shape index (κ2) is 16.1. The number of hydrogen-bond acceptors (Lipinski definition) is 8. The average molecular weight is 708 g/mol. The number of likely N-dealkylation sites (tertiary alicyclic amines) is 1. The SMILES string of the molecule is CC(C(=O)NC(C(=O)N1CCCC1CN(CCc1ccc(F)cc1)C(=O)C1=CN(c2ccccc2)NN1C)C(C)(C)C)N(C)C(=O)OC(C)(C)C. The first-order valence-electron chi connectivity index (χ1n) is 17.5. The lowest BCUT2D eigenvalue weighted by Gasteiger charge is -2.38. The quantitative estimate of drug-likeness (QED) is 0.346. The highest BCUT2D eigenvalue weighted by Crippen LogP contribution is 2.28. The molecule has 2 aromatic carbocycles. The van der Waals surface area contributed by atoms with Gasteiger partial charge in [-0.2, -0.15) is 0 Å². The first kappa shape index (κ1) is 39.1. The zero-order valence-corrected chi connectivity index (χ0v) is 31.4. The fraction of sp³-hybridized carbons (Fsp3) is 0.526. The van der Waals surface area contributed by atoms with Crippen LogP contribution < -0.4 is 15.9 Å². The lowest BCUT2D eigenvalue weighted by Crippen LogP contribution is -2.59. The Kier molecular flexibility index (Phi) is 12.4. The minimum Gasteiger partial charge on any atom is -0.444 e. The Bertz CT molecular complexity index is 1570. The van der Waals surface area contributed by atoms with Gasteiger partial charge < -0.3 is 19.9 Å². The molecule has 278 valence electrons. The summed E-state index contributed by atoms with van der Waals surface area (Å²) in [5.74, 6) is -1.27. The van der Waals surface area contributed by atoms with E-state index < -0.39 is 35.1 Å². The number of para-hydroxylation sites is 1.